The highest BCUT2D eigenvalue weighted by atomic mass is 15.1. The number of aryl methyl sites for hydroxylation is 1. The highest BCUT2D eigenvalue weighted by Crippen LogP contribution is 2.39. The minimum atomic E-state index is 1.01. The zero-order chi connectivity index (χ0) is 35.4. The van der Waals surface area contributed by atoms with Crippen LogP contribution < -0.4 is 71.0 Å². The van der Waals surface area contributed by atoms with Gasteiger partial charge in [-0.1, -0.05) is 69.2 Å². The van der Waals surface area contributed by atoms with Crippen LogP contribution in [0.15, 0.2) is 48.5 Å². The van der Waals surface area contributed by atoms with Crippen LogP contribution in [0.5, 0.6) is 0 Å². The van der Waals surface area contributed by atoms with Crippen molar-refractivity contribution in [1.82, 2.24) is 9.55 Å². The Labute approximate surface area is 303 Å². The molecule has 0 radical (unpaired) electrons. The van der Waals surface area contributed by atoms with Crippen molar-refractivity contribution in [3.05, 3.63) is 54.4 Å². The standard InChI is InChI=1S/C34H37B13N2/c1-10-48-13-4-2-3-5-14(13)49(10)34-19-17(23(37)29(43)31(45)25(19)39)15(18-20(34)26(40)32(46)30(44)24(18)38)11-6-8-12(9-7-11)16-21(35)27(41)33(47)28(42)22(16)36/h2-9H,35-47H2,1H3. The smallest absolute Gasteiger partial charge is 0.139 e. The van der Waals surface area contributed by atoms with Gasteiger partial charge in [-0.3, -0.25) is 4.57 Å². The number of hydrogen-bond donors (Lipinski definition) is 0. The fourth-order valence-corrected chi connectivity index (χ4v) is 8.77. The normalized spacial score (nSPS) is 11.6. The molecule has 7 aromatic rings. The molecule has 0 atom stereocenters. The van der Waals surface area contributed by atoms with E-state index in [2.05, 4.69) is 162 Å². The number of benzene rings is 6. The molecule has 0 aliphatic heterocycles. The number of nitrogens with zero attached hydrogens (tertiary/aromatic N) is 2. The van der Waals surface area contributed by atoms with Crippen molar-refractivity contribution in [2.45, 2.75) is 6.92 Å². The Balaban J connectivity index is 1.70. The van der Waals surface area contributed by atoms with Crippen LogP contribution in [0.2, 0.25) is 0 Å². The summed E-state index contributed by atoms with van der Waals surface area (Å²) in [5.41, 5.74) is 26.6. The molecule has 0 aliphatic carbocycles. The van der Waals surface area contributed by atoms with Gasteiger partial charge in [-0.25, -0.2) is 4.98 Å². The molecule has 49 heavy (non-hydrogen) atoms. The summed E-state index contributed by atoms with van der Waals surface area (Å²) in [5, 5.41) is 5.38. The number of rotatable bonds is 3. The van der Waals surface area contributed by atoms with Crippen LogP contribution in [0.1, 0.15) is 5.82 Å². The van der Waals surface area contributed by atoms with Gasteiger partial charge in [-0.05, 0) is 62.9 Å². The molecule has 0 saturated heterocycles. The molecular formula is C34H37B13N2. The Morgan fingerprint density at radius 3 is 1.24 bits per heavy atom. The van der Waals surface area contributed by atoms with Gasteiger partial charge in [0.1, 0.15) is 108 Å². The van der Waals surface area contributed by atoms with E-state index >= 15 is 0 Å². The molecule has 0 bridgehead atoms. The maximum atomic E-state index is 5.10. The van der Waals surface area contributed by atoms with Gasteiger partial charge in [0.2, 0.25) is 0 Å². The third-order valence-electron chi connectivity index (χ3n) is 12.8. The second kappa shape index (κ2) is 11.9. The molecule has 0 spiro atoms. The molecule has 1 aromatic heterocycles. The summed E-state index contributed by atoms with van der Waals surface area (Å²) in [6, 6.07) is 18.1. The lowest BCUT2D eigenvalue weighted by atomic mass is 9.59. The Hall–Kier alpha value is -3.85. The molecule has 0 unspecified atom stereocenters. The van der Waals surface area contributed by atoms with Crippen molar-refractivity contribution in [3.63, 3.8) is 0 Å². The molecule has 2 nitrogen and oxygen atoms in total. The SMILES string of the molecule is Bc1c(B)c(B)c(-c2ccc(-c3c4c(B)c(B)c(B)c(B)c4c(-n4c(C)nc5ccccc54)c4c(B)c(B)c(B)c(B)c34)cc2)c(B)c1B. The summed E-state index contributed by atoms with van der Waals surface area (Å²) in [4.78, 5) is 5.10. The highest BCUT2D eigenvalue weighted by molar-refractivity contribution is 6.71. The van der Waals surface area contributed by atoms with Gasteiger partial charge in [0.05, 0.1) is 16.7 Å². The lowest BCUT2D eigenvalue weighted by molar-refractivity contribution is 1.02. The molecule has 0 amide bonds. The van der Waals surface area contributed by atoms with Gasteiger partial charge < -0.3 is 0 Å². The first-order chi connectivity index (χ1) is 23.2. The summed E-state index contributed by atoms with van der Waals surface area (Å²) < 4.78 is 2.45. The van der Waals surface area contributed by atoms with Gasteiger partial charge in [0.25, 0.3) is 0 Å². The third kappa shape index (κ3) is 4.70. The molecule has 222 valence electrons. The van der Waals surface area contributed by atoms with Crippen LogP contribution in [0.25, 0.3) is 60.5 Å². The van der Waals surface area contributed by atoms with Crippen molar-refractivity contribution in [2.24, 2.45) is 0 Å². The van der Waals surface area contributed by atoms with Crippen molar-refractivity contribution in [1.29, 1.82) is 0 Å². The first-order valence-corrected chi connectivity index (χ1v) is 17.8. The molecule has 0 aliphatic rings. The highest BCUT2D eigenvalue weighted by Gasteiger charge is 2.26. The maximum Gasteiger partial charge on any atom is 0.139 e. The van der Waals surface area contributed by atoms with Crippen molar-refractivity contribution in [2.75, 3.05) is 0 Å². The van der Waals surface area contributed by atoms with Crippen molar-refractivity contribution in [3.8, 4) is 27.9 Å². The van der Waals surface area contributed by atoms with Gasteiger partial charge in [-0.2, -0.15) is 0 Å². The van der Waals surface area contributed by atoms with E-state index in [-0.39, 0.29) is 0 Å². The molecule has 0 saturated carbocycles. The van der Waals surface area contributed by atoms with Gasteiger partial charge >= 0.3 is 0 Å². The van der Waals surface area contributed by atoms with E-state index in [4.69, 9.17) is 4.98 Å². The number of imidazole rings is 1. The summed E-state index contributed by atoms with van der Waals surface area (Å²) >= 11 is 0. The Bertz CT molecular complexity index is 2480. The predicted octanol–water partition coefficient (Wildman–Crippen LogP) is -13.7. The lowest BCUT2D eigenvalue weighted by Crippen LogP contribution is -2.55. The van der Waals surface area contributed by atoms with Crippen molar-refractivity contribution < 1.29 is 0 Å². The maximum absolute atomic E-state index is 5.10. The second-order valence-electron chi connectivity index (χ2n) is 14.8. The fourth-order valence-electron chi connectivity index (χ4n) is 8.77. The lowest BCUT2D eigenvalue weighted by Gasteiger charge is -2.28. The minimum Gasteiger partial charge on any atom is -0.295 e. The molecule has 7 rings (SSSR count). The van der Waals surface area contributed by atoms with E-state index < -0.39 is 0 Å². The van der Waals surface area contributed by atoms with E-state index in [1.165, 1.54) is 121 Å². The van der Waals surface area contributed by atoms with Gasteiger partial charge in [0.15, 0.2) is 0 Å². The Morgan fingerprint density at radius 1 is 0.408 bits per heavy atom. The van der Waals surface area contributed by atoms with E-state index in [0.29, 0.717) is 0 Å². The van der Waals surface area contributed by atoms with Crippen LogP contribution in [0.3, 0.4) is 0 Å². The second-order valence-corrected chi connectivity index (χ2v) is 14.8. The summed E-state index contributed by atoms with van der Waals surface area (Å²) in [7, 11) is 29.9. The topological polar surface area (TPSA) is 17.8 Å². The van der Waals surface area contributed by atoms with Crippen LogP contribution in [0, 0.1) is 6.92 Å². The Kier molecular flexibility index (Phi) is 8.16. The molecule has 15 heteroatoms. The van der Waals surface area contributed by atoms with E-state index in [9.17, 15) is 0 Å². The van der Waals surface area contributed by atoms with E-state index in [1.807, 2.05) is 0 Å². The number of fused-ring (bicyclic) bond motifs is 3. The first-order valence-electron chi connectivity index (χ1n) is 17.8. The fraction of sp³-hybridized carbons (Fsp3) is 0.0294. The average molecular weight is 614 g/mol. The summed E-state index contributed by atoms with van der Waals surface area (Å²) in [6.45, 7) is 2.16. The quantitative estimate of drug-likeness (QED) is 0.143. The molecule has 0 N–H and O–H groups in total. The summed E-state index contributed by atoms with van der Waals surface area (Å²) in [6.07, 6.45) is 0. The predicted molar refractivity (Wildman–Crippen MR) is 258 cm³/mol. The van der Waals surface area contributed by atoms with E-state index in [0.717, 1.165) is 16.9 Å². The first kappa shape index (κ1) is 33.6. The molecule has 1 heterocycles. The monoisotopic (exact) mass is 616 g/mol. The zero-order valence-electron chi connectivity index (χ0n) is 32.0. The van der Waals surface area contributed by atoms with Crippen molar-refractivity contribution >= 4 is 206 Å². The molecule has 0 fully saturated rings. The third-order valence-corrected chi connectivity index (χ3v) is 12.8. The Morgan fingerprint density at radius 2 is 0.776 bits per heavy atom. The largest absolute Gasteiger partial charge is 0.295 e. The van der Waals surface area contributed by atoms with Gasteiger partial charge in [0, 0.05) is 0 Å². The van der Waals surface area contributed by atoms with Crippen LogP contribution in [-0.4, -0.2) is 112 Å². The zero-order valence-corrected chi connectivity index (χ0v) is 32.0. The van der Waals surface area contributed by atoms with Crippen LogP contribution >= 0.6 is 0 Å². The minimum absolute atomic E-state index is 1.01. The van der Waals surface area contributed by atoms with E-state index in [1.54, 1.807) is 0 Å². The van der Waals surface area contributed by atoms with Crippen LogP contribution in [0.4, 0.5) is 0 Å². The summed E-state index contributed by atoms with van der Waals surface area (Å²) in [5.74, 6) is 1.01. The molecule has 6 aromatic carbocycles. The van der Waals surface area contributed by atoms with Gasteiger partial charge in [-0.15, -0.1) is 38.2 Å². The number of para-hydroxylation sites is 2. The number of aromatic nitrogens is 2. The average Bonchev–Trinajstić information content (AvgIpc) is 3.43. The molecular weight excluding hydrogens is 577 g/mol. The number of hydrogen-bond acceptors (Lipinski definition) is 1. The van der Waals surface area contributed by atoms with Crippen LogP contribution in [-0.2, 0) is 0 Å².